The van der Waals surface area contributed by atoms with Gasteiger partial charge >= 0.3 is 5.97 Å². The lowest BCUT2D eigenvalue weighted by molar-refractivity contribution is -0.142. The SMILES string of the molecule is CN1CCC(c2nc3n(n2)CCC(C(=O)O)C3)C1. The fourth-order valence-electron chi connectivity index (χ4n) is 2.85. The summed E-state index contributed by atoms with van der Waals surface area (Å²) in [5.41, 5.74) is 0. The zero-order chi connectivity index (χ0) is 12.7. The molecule has 1 fully saturated rings. The zero-order valence-corrected chi connectivity index (χ0v) is 10.5. The highest BCUT2D eigenvalue weighted by atomic mass is 16.4. The number of aromatic nitrogens is 3. The standard InChI is InChI=1S/C12H18N4O2/c1-15-4-2-9(7-15)11-13-10-6-8(12(17)18)3-5-16(10)14-11/h8-9H,2-7H2,1H3,(H,17,18). The molecule has 1 aromatic heterocycles. The van der Waals surface area contributed by atoms with Gasteiger partial charge in [0.05, 0.1) is 5.92 Å². The van der Waals surface area contributed by atoms with E-state index < -0.39 is 5.97 Å². The van der Waals surface area contributed by atoms with E-state index in [1.54, 1.807) is 0 Å². The normalized spacial score (nSPS) is 28.3. The first kappa shape index (κ1) is 11.6. The van der Waals surface area contributed by atoms with Gasteiger partial charge < -0.3 is 10.0 Å². The fraction of sp³-hybridized carbons (Fsp3) is 0.750. The molecule has 1 N–H and O–H groups in total. The summed E-state index contributed by atoms with van der Waals surface area (Å²) >= 11 is 0. The Bertz CT molecular complexity index is 471. The number of hydrogen-bond acceptors (Lipinski definition) is 4. The van der Waals surface area contributed by atoms with Gasteiger partial charge in [0, 0.05) is 25.4 Å². The summed E-state index contributed by atoms with van der Waals surface area (Å²) in [5, 5.41) is 13.6. The van der Waals surface area contributed by atoms with Crippen molar-refractivity contribution in [1.29, 1.82) is 0 Å². The topological polar surface area (TPSA) is 71.2 Å². The quantitative estimate of drug-likeness (QED) is 0.819. The maximum atomic E-state index is 11.0. The number of aliphatic carboxylic acids is 1. The van der Waals surface area contributed by atoms with Gasteiger partial charge in [-0.2, -0.15) is 5.10 Å². The average molecular weight is 250 g/mol. The summed E-state index contributed by atoms with van der Waals surface area (Å²) in [7, 11) is 2.11. The predicted molar refractivity (Wildman–Crippen MR) is 64.3 cm³/mol. The Morgan fingerprint density at radius 1 is 1.39 bits per heavy atom. The van der Waals surface area contributed by atoms with Crippen molar-refractivity contribution in [2.24, 2.45) is 5.92 Å². The largest absolute Gasteiger partial charge is 0.481 e. The molecule has 0 aliphatic carbocycles. The number of rotatable bonds is 2. The van der Waals surface area contributed by atoms with Gasteiger partial charge in [-0.1, -0.05) is 0 Å². The number of carbonyl (C=O) groups is 1. The Labute approximate surface area is 106 Å². The van der Waals surface area contributed by atoms with E-state index in [9.17, 15) is 4.79 Å². The number of likely N-dealkylation sites (N-methyl/N-ethyl adjacent to an activating group) is 1. The Kier molecular flexibility index (Phi) is 2.81. The van der Waals surface area contributed by atoms with Gasteiger partial charge in [0.2, 0.25) is 0 Å². The van der Waals surface area contributed by atoms with Crippen molar-refractivity contribution in [2.45, 2.75) is 31.7 Å². The van der Waals surface area contributed by atoms with E-state index in [2.05, 4.69) is 22.0 Å². The van der Waals surface area contributed by atoms with Gasteiger partial charge in [0.1, 0.15) is 5.82 Å². The molecule has 3 rings (SSSR count). The predicted octanol–water partition coefficient (Wildman–Crippen LogP) is 0.344. The molecule has 2 atom stereocenters. The minimum Gasteiger partial charge on any atom is -0.481 e. The number of nitrogens with zero attached hydrogens (tertiary/aromatic N) is 4. The van der Waals surface area contributed by atoms with Crippen molar-refractivity contribution in [1.82, 2.24) is 19.7 Å². The second-order valence-electron chi connectivity index (χ2n) is 5.39. The average Bonchev–Trinajstić information content (AvgIpc) is 2.93. The minimum absolute atomic E-state index is 0.291. The number of likely N-dealkylation sites (tertiary alicyclic amines) is 1. The molecule has 1 saturated heterocycles. The van der Waals surface area contributed by atoms with Gasteiger partial charge in [-0.25, -0.2) is 9.67 Å². The molecule has 1 aromatic rings. The highest BCUT2D eigenvalue weighted by molar-refractivity contribution is 5.70. The number of fused-ring (bicyclic) bond motifs is 1. The molecular weight excluding hydrogens is 232 g/mol. The van der Waals surface area contributed by atoms with Gasteiger partial charge in [0.15, 0.2) is 5.82 Å². The third-order valence-electron chi connectivity index (χ3n) is 3.99. The van der Waals surface area contributed by atoms with Crippen LogP contribution in [0.1, 0.15) is 30.4 Å². The maximum Gasteiger partial charge on any atom is 0.307 e. The van der Waals surface area contributed by atoms with E-state index in [4.69, 9.17) is 5.11 Å². The van der Waals surface area contributed by atoms with Crippen LogP contribution in [0.15, 0.2) is 0 Å². The van der Waals surface area contributed by atoms with Crippen molar-refractivity contribution in [3.63, 3.8) is 0 Å². The van der Waals surface area contributed by atoms with Crippen LogP contribution in [0.4, 0.5) is 0 Å². The van der Waals surface area contributed by atoms with E-state index in [1.807, 2.05) is 4.68 Å². The molecule has 0 amide bonds. The Hall–Kier alpha value is -1.43. The minimum atomic E-state index is -0.716. The molecule has 0 spiro atoms. The number of aryl methyl sites for hydroxylation is 1. The van der Waals surface area contributed by atoms with Crippen LogP contribution in [-0.4, -0.2) is 50.9 Å². The van der Waals surface area contributed by atoms with E-state index in [-0.39, 0.29) is 5.92 Å². The molecular formula is C12H18N4O2. The lowest BCUT2D eigenvalue weighted by Gasteiger charge is -2.17. The maximum absolute atomic E-state index is 11.0. The summed E-state index contributed by atoms with van der Waals surface area (Å²) < 4.78 is 1.90. The second-order valence-corrected chi connectivity index (χ2v) is 5.39. The molecule has 18 heavy (non-hydrogen) atoms. The fourth-order valence-corrected chi connectivity index (χ4v) is 2.85. The molecule has 6 nitrogen and oxygen atoms in total. The third-order valence-corrected chi connectivity index (χ3v) is 3.99. The van der Waals surface area contributed by atoms with Crippen LogP contribution in [0.5, 0.6) is 0 Å². The van der Waals surface area contributed by atoms with Crippen LogP contribution in [0.25, 0.3) is 0 Å². The summed E-state index contributed by atoms with van der Waals surface area (Å²) in [4.78, 5) is 17.9. The summed E-state index contributed by atoms with van der Waals surface area (Å²) in [6, 6.07) is 0. The molecule has 0 bridgehead atoms. The van der Waals surface area contributed by atoms with Crippen LogP contribution in [0.2, 0.25) is 0 Å². The van der Waals surface area contributed by atoms with E-state index in [0.29, 0.717) is 25.3 Å². The first-order valence-electron chi connectivity index (χ1n) is 6.48. The smallest absolute Gasteiger partial charge is 0.307 e. The lowest BCUT2D eigenvalue weighted by atomic mass is 9.98. The van der Waals surface area contributed by atoms with Crippen molar-refractivity contribution in [3.8, 4) is 0 Å². The summed E-state index contributed by atoms with van der Waals surface area (Å²) in [6.07, 6.45) is 2.28. The number of carboxylic acid groups (broad SMARTS) is 1. The first-order chi connectivity index (χ1) is 8.63. The van der Waals surface area contributed by atoms with Gasteiger partial charge in [0.25, 0.3) is 0 Å². The van der Waals surface area contributed by atoms with E-state index >= 15 is 0 Å². The monoisotopic (exact) mass is 250 g/mol. The molecule has 98 valence electrons. The summed E-state index contributed by atoms with van der Waals surface area (Å²) in [6.45, 7) is 2.78. The Morgan fingerprint density at radius 3 is 2.89 bits per heavy atom. The van der Waals surface area contributed by atoms with Crippen LogP contribution in [-0.2, 0) is 17.8 Å². The van der Waals surface area contributed by atoms with Crippen molar-refractivity contribution >= 4 is 5.97 Å². The molecule has 2 aliphatic heterocycles. The first-order valence-corrected chi connectivity index (χ1v) is 6.48. The van der Waals surface area contributed by atoms with Crippen LogP contribution >= 0.6 is 0 Å². The van der Waals surface area contributed by atoms with E-state index in [1.165, 1.54) is 0 Å². The van der Waals surface area contributed by atoms with E-state index in [0.717, 1.165) is 31.2 Å². The molecule has 6 heteroatoms. The molecule has 2 aliphatic rings. The number of hydrogen-bond donors (Lipinski definition) is 1. The second kappa shape index (κ2) is 4.35. The zero-order valence-electron chi connectivity index (χ0n) is 10.5. The molecule has 0 saturated carbocycles. The molecule has 2 unspecified atom stereocenters. The molecule has 0 aromatic carbocycles. The van der Waals surface area contributed by atoms with Crippen molar-refractivity contribution in [2.75, 3.05) is 20.1 Å². The highest BCUT2D eigenvalue weighted by Gasteiger charge is 2.30. The number of carboxylic acids is 1. The van der Waals surface area contributed by atoms with Crippen LogP contribution in [0.3, 0.4) is 0 Å². The van der Waals surface area contributed by atoms with Crippen molar-refractivity contribution < 1.29 is 9.90 Å². The Balaban J connectivity index is 1.79. The molecule has 0 radical (unpaired) electrons. The highest BCUT2D eigenvalue weighted by Crippen LogP contribution is 2.26. The lowest BCUT2D eigenvalue weighted by Crippen LogP contribution is -2.26. The Morgan fingerprint density at radius 2 is 2.22 bits per heavy atom. The summed E-state index contributed by atoms with van der Waals surface area (Å²) in [5.74, 6) is 1.15. The van der Waals surface area contributed by atoms with Gasteiger partial charge in [-0.3, -0.25) is 4.79 Å². The molecule has 3 heterocycles. The van der Waals surface area contributed by atoms with Crippen LogP contribution < -0.4 is 0 Å². The van der Waals surface area contributed by atoms with Crippen LogP contribution in [0, 0.1) is 5.92 Å². The van der Waals surface area contributed by atoms with Gasteiger partial charge in [-0.15, -0.1) is 0 Å². The third kappa shape index (κ3) is 2.01. The van der Waals surface area contributed by atoms with Gasteiger partial charge in [-0.05, 0) is 26.4 Å². The van der Waals surface area contributed by atoms with Crippen molar-refractivity contribution in [3.05, 3.63) is 11.6 Å².